The van der Waals surface area contributed by atoms with Gasteiger partial charge in [-0.05, 0) is 45.6 Å². The summed E-state index contributed by atoms with van der Waals surface area (Å²) in [6.45, 7) is 3.67. The number of nitrogens with one attached hydrogen (secondary N) is 2. The average Bonchev–Trinajstić information content (AvgIpc) is 2.38. The number of aromatic nitrogens is 2. The van der Waals surface area contributed by atoms with Crippen LogP contribution >= 0.6 is 0 Å². The maximum atomic E-state index is 5.38. The lowest BCUT2D eigenvalue weighted by atomic mass is 9.70. The van der Waals surface area contributed by atoms with Gasteiger partial charge in [0.25, 0.3) is 0 Å². The third-order valence-electron chi connectivity index (χ3n) is 4.20. The number of rotatable bonds is 4. The predicted molar refractivity (Wildman–Crippen MR) is 74.4 cm³/mol. The number of hydrogen-bond donors (Lipinski definition) is 2. The number of piperidine rings is 1. The summed E-state index contributed by atoms with van der Waals surface area (Å²) in [7, 11) is 0. The lowest BCUT2D eigenvalue weighted by Crippen LogP contribution is -2.58. The fourth-order valence-electron chi connectivity index (χ4n) is 3.11. The molecule has 2 fully saturated rings. The van der Waals surface area contributed by atoms with Crippen molar-refractivity contribution in [1.82, 2.24) is 15.3 Å². The van der Waals surface area contributed by atoms with E-state index in [-0.39, 0.29) is 0 Å². The van der Waals surface area contributed by atoms with Gasteiger partial charge in [-0.2, -0.15) is 4.98 Å². The van der Waals surface area contributed by atoms with Crippen molar-refractivity contribution in [3.63, 3.8) is 0 Å². The van der Waals surface area contributed by atoms with Crippen LogP contribution in [0, 0.1) is 0 Å². The topological polar surface area (TPSA) is 59.1 Å². The van der Waals surface area contributed by atoms with Gasteiger partial charge in [-0.25, -0.2) is 0 Å². The molecule has 2 heterocycles. The summed E-state index contributed by atoms with van der Waals surface area (Å²) >= 11 is 0. The summed E-state index contributed by atoms with van der Waals surface area (Å²) in [5, 5.41) is 7.19. The maximum Gasteiger partial charge on any atom is 0.234 e. The van der Waals surface area contributed by atoms with Crippen LogP contribution in [0.15, 0.2) is 12.4 Å². The van der Waals surface area contributed by atoms with E-state index >= 15 is 0 Å². The molecule has 0 radical (unpaired) electrons. The van der Waals surface area contributed by atoms with Crippen molar-refractivity contribution in [3.05, 3.63) is 12.4 Å². The normalized spacial score (nSPS) is 24.8. The molecule has 1 atom stereocenters. The SMILES string of the molecule is CCOc1cncc(NC2CCNC3(CCC3)C2)n1. The number of ether oxygens (including phenoxy) is 1. The Labute approximate surface area is 114 Å². The molecule has 104 valence electrons. The second-order valence-electron chi connectivity index (χ2n) is 5.57. The monoisotopic (exact) mass is 262 g/mol. The maximum absolute atomic E-state index is 5.38. The van der Waals surface area contributed by atoms with Gasteiger partial charge in [0.1, 0.15) is 5.82 Å². The van der Waals surface area contributed by atoms with Gasteiger partial charge in [0.2, 0.25) is 5.88 Å². The molecule has 1 saturated heterocycles. The van der Waals surface area contributed by atoms with Gasteiger partial charge >= 0.3 is 0 Å². The molecule has 1 saturated carbocycles. The summed E-state index contributed by atoms with van der Waals surface area (Å²) in [5.74, 6) is 1.42. The van der Waals surface area contributed by atoms with Crippen LogP contribution < -0.4 is 15.4 Å². The van der Waals surface area contributed by atoms with Crippen molar-refractivity contribution < 1.29 is 4.74 Å². The summed E-state index contributed by atoms with van der Waals surface area (Å²) < 4.78 is 5.38. The van der Waals surface area contributed by atoms with Crippen LogP contribution in [0.25, 0.3) is 0 Å². The summed E-state index contributed by atoms with van der Waals surface area (Å²) in [5.41, 5.74) is 0.404. The second kappa shape index (κ2) is 5.33. The van der Waals surface area contributed by atoms with E-state index in [9.17, 15) is 0 Å². The molecule has 1 spiro atoms. The minimum absolute atomic E-state index is 0.404. The molecule has 0 aromatic carbocycles. The average molecular weight is 262 g/mol. The Morgan fingerprint density at radius 2 is 2.37 bits per heavy atom. The lowest BCUT2D eigenvalue weighted by molar-refractivity contribution is 0.135. The Morgan fingerprint density at radius 1 is 1.47 bits per heavy atom. The molecule has 19 heavy (non-hydrogen) atoms. The Morgan fingerprint density at radius 3 is 3.11 bits per heavy atom. The molecular weight excluding hydrogens is 240 g/mol. The lowest BCUT2D eigenvalue weighted by Gasteiger charge is -2.48. The first kappa shape index (κ1) is 12.7. The Bertz CT molecular complexity index is 433. The largest absolute Gasteiger partial charge is 0.477 e. The van der Waals surface area contributed by atoms with E-state index in [1.165, 1.54) is 25.7 Å². The fourth-order valence-corrected chi connectivity index (χ4v) is 3.11. The molecule has 1 aliphatic heterocycles. The standard InChI is InChI=1S/C14H22N4O/c1-2-19-13-10-15-9-12(18-13)17-11-4-7-16-14(8-11)5-3-6-14/h9-11,16H,2-8H2,1H3,(H,17,18). The van der Waals surface area contributed by atoms with Crippen LogP contribution in [0.1, 0.15) is 39.0 Å². The zero-order valence-electron chi connectivity index (χ0n) is 11.5. The highest BCUT2D eigenvalue weighted by Crippen LogP contribution is 2.38. The zero-order chi connectivity index (χ0) is 13.1. The molecule has 5 nitrogen and oxygen atoms in total. The van der Waals surface area contributed by atoms with E-state index < -0.39 is 0 Å². The van der Waals surface area contributed by atoms with Crippen molar-refractivity contribution in [2.75, 3.05) is 18.5 Å². The molecule has 2 N–H and O–H groups in total. The van der Waals surface area contributed by atoms with Gasteiger partial charge in [0, 0.05) is 11.6 Å². The third-order valence-corrected chi connectivity index (χ3v) is 4.20. The van der Waals surface area contributed by atoms with Crippen molar-refractivity contribution in [1.29, 1.82) is 0 Å². The van der Waals surface area contributed by atoms with E-state index in [2.05, 4.69) is 20.6 Å². The van der Waals surface area contributed by atoms with Gasteiger partial charge in [-0.3, -0.25) is 4.98 Å². The van der Waals surface area contributed by atoms with Crippen LogP contribution in [0.3, 0.4) is 0 Å². The minimum atomic E-state index is 0.404. The quantitative estimate of drug-likeness (QED) is 0.868. The van der Waals surface area contributed by atoms with Crippen LogP contribution in [0.5, 0.6) is 5.88 Å². The number of hydrogen-bond acceptors (Lipinski definition) is 5. The smallest absolute Gasteiger partial charge is 0.234 e. The molecule has 1 unspecified atom stereocenters. The zero-order valence-corrected chi connectivity index (χ0v) is 11.5. The number of anilines is 1. The first-order valence-corrected chi connectivity index (χ1v) is 7.26. The molecule has 3 rings (SSSR count). The van der Waals surface area contributed by atoms with E-state index in [0.29, 0.717) is 24.1 Å². The van der Waals surface area contributed by atoms with Crippen molar-refractivity contribution in [3.8, 4) is 5.88 Å². The second-order valence-corrected chi connectivity index (χ2v) is 5.57. The summed E-state index contributed by atoms with van der Waals surface area (Å²) in [4.78, 5) is 8.61. The van der Waals surface area contributed by atoms with Crippen molar-refractivity contribution >= 4 is 5.82 Å². The van der Waals surface area contributed by atoms with E-state index in [1.807, 2.05) is 6.92 Å². The first-order chi connectivity index (χ1) is 9.30. The van der Waals surface area contributed by atoms with Gasteiger partial charge in [-0.1, -0.05) is 0 Å². The molecule has 0 amide bonds. The third kappa shape index (κ3) is 2.81. The minimum Gasteiger partial charge on any atom is -0.477 e. The van der Waals surface area contributed by atoms with E-state index in [4.69, 9.17) is 4.74 Å². The Kier molecular flexibility index (Phi) is 3.55. The molecule has 0 bridgehead atoms. The summed E-state index contributed by atoms with van der Waals surface area (Å²) in [6, 6.07) is 0.493. The Hall–Kier alpha value is -1.36. The van der Waals surface area contributed by atoms with Crippen molar-refractivity contribution in [2.45, 2.75) is 50.6 Å². The Balaban J connectivity index is 1.62. The molecular formula is C14H22N4O. The first-order valence-electron chi connectivity index (χ1n) is 7.26. The molecule has 2 aliphatic rings. The van der Waals surface area contributed by atoms with Crippen molar-refractivity contribution in [2.24, 2.45) is 0 Å². The van der Waals surface area contributed by atoms with Crippen LogP contribution in [-0.2, 0) is 0 Å². The molecule has 1 aromatic rings. The molecule has 1 aliphatic carbocycles. The highest BCUT2D eigenvalue weighted by Gasteiger charge is 2.40. The molecule has 1 aromatic heterocycles. The predicted octanol–water partition coefficient (Wildman–Crippen LogP) is 1.96. The van der Waals surface area contributed by atoms with Gasteiger partial charge in [-0.15, -0.1) is 0 Å². The van der Waals surface area contributed by atoms with Gasteiger partial charge in [0.15, 0.2) is 0 Å². The fraction of sp³-hybridized carbons (Fsp3) is 0.714. The van der Waals surface area contributed by atoms with Crippen LogP contribution in [0.2, 0.25) is 0 Å². The highest BCUT2D eigenvalue weighted by molar-refractivity contribution is 5.35. The van der Waals surface area contributed by atoms with Crippen LogP contribution in [0.4, 0.5) is 5.82 Å². The molecule has 5 heteroatoms. The van der Waals surface area contributed by atoms with Gasteiger partial charge < -0.3 is 15.4 Å². The number of nitrogens with zero attached hydrogens (tertiary/aromatic N) is 2. The van der Waals surface area contributed by atoms with E-state index in [0.717, 1.165) is 18.8 Å². The van der Waals surface area contributed by atoms with Crippen LogP contribution in [-0.4, -0.2) is 34.7 Å². The summed E-state index contributed by atoms with van der Waals surface area (Å²) in [6.07, 6.45) is 9.75. The van der Waals surface area contributed by atoms with Gasteiger partial charge in [0.05, 0.1) is 19.0 Å². The highest BCUT2D eigenvalue weighted by atomic mass is 16.5. The van der Waals surface area contributed by atoms with E-state index in [1.54, 1.807) is 12.4 Å².